The molecule has 0 spiro atoms. The van der Waals surface area contributed by atoms with Crippen LogP contribution in [0.25, 0.3) is 0 Å². The van der Waals surface area contributed by atoms with Crippen molar-refractivity contribution in [3.05, 3.63) is 35.4 Å². The van der Waals surface area contributed by atoms with Gasteiger partial charge >= 0.3 is 0 Å². The van der Waals surface area contributed by atoms with Crippen molar-refractivity contribution < 1.29 is 4.79 Å². The van der Waals surface area contributed by atoms with Gasteiger partial charge in [0.05, 0.1) is 0 Å². The number of rotatable bonds is 4. The third kappa shape index (κ3) is 3.42. The molecule has 1 aliphatic rings. The number of carbonyl (C=O) groups is 1. The first-order chi connectivity index (χ1) is 8.29. The molecule has 1 unspecified atom stereocenters. The summed E-state index contributed by atoms with van der Waals surface area (Å²) >= 11 is 0. The highest BCUT2D eigenvalue weighted by Crippen LogP contribution is 2.27. The van der Waals surface area contributed by atoms with Crippen LogP contribution in [0.1, 0.15) is 50.2 Å². The van der Waals surface area contributed by atoms with E-state index in [0.717, 1.165) is 25.7 Å². The Bertz CT molecular complexity index is 381. The van der Waals surface area contributed by atoms with Crippen molar-refractivity contribution in [2.24, 2.45) is 5.92 Å². The topological polar surface area (TPSA) is 17.1 Å². The molecule has 0 radical (unpaired) electrons. The maximum Gasteiger partial charge on any atom is 0.133 e. The van der Waals surface area contributed by atoms with Gasteiger partial charge in [0.2, 0.25) is 0 Å². The Labute approximate surface area is 104 Å². The highest BCUT2D eigenvalue weighted by atomic mass is 16.1. The average molecular weight is 230 g/mol. The monoisotopic (exact) mass is 230 g/mol. The molecule has 2 rings (SSSR count). The van der Waals surface area contributed by atoms with Gasteiger partial charge in [-0.3, -0.25) is 4.79 Å². The maximum absolute atomic E-state index is 11.7. The molecule has 17 heavy (non-hydrogen) atoms. The molecule has 0 saturated carbocycles. The average Bonchev–Trinajstić information content (AvgIpc) is 2.50. The van der Waals surface area contributed by atoms with Crippen molar-refractivity contribution in [2.45, 2.75) is 51.9 Å². The summed E-state index contributed by atoms with van der Waals surface area (Å²) in [6.45, 7) is 2.08. The minimum atomic E-state index is 0.455. The van der Waals surface area contributed by atoms with Gasteiger partial charge in [-0.15, -0.1) is 0 Å². The van der Waals surface area contributed by atoms with Crippen molar-refractivity contribution in [1.82, 2.24) is 0 Å². The summed E-state index contributed by atoms with van der Waals surface area (Å²) in [5, 5.41) is 0. The predicted octanol–water partition coefficient (Wildman–Crippen LogP) is 3.94. The molecule has 0 heterocycles. The fourth-order valence-electron chi connectivity index (χ4n) is 2.87. The summed E-state index contributed by atoms with van der Waals surface area (Å²) in [6.07, 6.45) is 7.29. The molecule has 0 fully saturated rings. The Hall–Kier alpha value is -1.11. The lowest BCUT2D eigenvalue weighted by atomic mass is 9.91. The molecular formula is C16H22O. The fraction of sp³-hybridized carbons (Fsp3) is 0.562. The summed E-state index contributed by atoms with van der Waals surface area (Å²) in [5.74, 6) is 1.04. The van der Waals surface area contributed by atoms with Crippen molar-refractivity contribution in [3.63, 3.8) is 0 Å². The molecule has 0 bridgehead atoms. The van der Waals surface area contributed by atoms with Gasteiger partial charge in [0, 0.05) is 12.8 Å². The minimum Gasteiger partial charge on any atom is -0.300 e. The van der Waals surface area contributed by atoms with Crippen LogP contribution in [0.2, 0.25) is 0 Å². The van der Waals surface area contributed by atoms with Crippen LogP contribution in [0, 0.1) is 5.92 Å². The van der Waals surface area contributed by atoms with Gasteiger partial charge < -0.3 is 0 Å². The van der Waals surface area contributed by atoms with Crippen LogP contribution in [0.4, 0.5) is 0 Å². The fourth-order valence-corrected chi connectivity index (χ4v) is 2.87. The third-order valence-electron chi connectivity index (χ3n) is 3.73. The molecule has 1 nitrogen and oxygen atoms in total. The van der Waals surface area contributed by atoms with E-state index in [1.807, 2.05) is 0 Å². The Morgan fingerprint density at radius 1 is 1.29 bits per heavy atom. The molecule has 1 atom stereocenters. The molecule has 0 aromatic heterocycles. The van der Waals surface area contributed by atoms with Crippen LogP contribution in [-0.4, -0.2) is 5.78 Å². The van der Waals surface area contributed by atoms with Gasteiger partial charge in [-0.2, -0.15) is 0 Å². The molecule has 1 aromatic carbocycles. The Kier molecular flexibility index (Phi) is 4.36. The SMILES string of the molecule is CCCC(=O)CC1CCCc2ccccc2C1. The molecular weight excluding hydrogens is 208 g/mol. The molecule has 1 aromatic rings. The molecule has 0 amide bonds. The van der Waals surface area contributed by atoms with E-state index >= 15 is 0 Å². The smallest absolute Gasteiger partial charge is 0.133 e. The molecule has 0 aliphatic heterocycles. The van der Waals surface area contributed by atoms with E-state index in [1.54, 1.807) is 0 Å². The summed E-state index contributed by atoms with van der Waals surface area (Å²) in [6, 6.07) is 8.72. The molecule has 0 saturated heterocycles. The lowest BCUT2D eigenvalue weighted by Crippen LogP contribution is -2.10. The number of hydrogen-bond acceptors (Lipinski definition) is 1. The van der Waals surface area contributed by atoms with Gasteiger partial charge in [0.1, 0.15) is 5.78 Å². The quantitative estimate of drug-likeness (QED) is 0.716. The van der Waals surface area contributed by atoms with Crippen LogP contribution in [0.3, 0.4) is 0 Å². The molecule has 1 heteroatoms. The number of benzene rings is 1. The Morgan fingerprint density at radius 3 is 2.82 bits per heavy atom. The first kappa shape index (κ1) is 12.3. The number of carbonyl (C=O) groups excluding carboxylic acids is 1. The number of Topliss-reactive ketones (excluding diaryl/α,β-unsaturated/α-hetero) is 1. The standard InChI is InChI=1S/C16H22O/c1-2-6-16(17)12-13-7-5-10-14-8-3-4-9-15(14)11-13/h3-4,8-9,13H,2,5-7,10-12H2,1H3. The van der Waals surface area contributed by atoms with Crippen molar-refractivity contribution in [1.29, 1.82) is 0 Å². The number of hydrogen-bond donors (Lipinski definition) is 0. The second-order valence-electron chi connectivity index (χ2n) is 5.22. The number of aryl methyl sites for hydroxylation is 1. The normalized spacial score (nSPS) is 19.5. The molecule has 0 N–H and O–H groups in total. The summed E-state index contributed by atoms with van der Waals surface area (Å²) in [4.78, 5) is 11.7. The minimum absolute atomic E-state index is 0.455. The third-order valence-corrected chi connectivity index (χ3v) is 3.73. The Morgan fingerprint density at radius 2 is 2.06 bits per heavy atom. The van der Waals surface area contributed by atoms with E-state index in [-0.39, 0.29) is 0 Å². The van der Waals surface area contributed by atoms with E-state index in [4.69, 9.17) is 0 Å². The zero-order valence-electron chi connectivity index (χ0n) is 10.7. The summed E-state index contributed by atoms with van der Waals surface area (Å²) in [5.41, 5.74) is 2.97. The van der Waals surface area contributed by atoms with Crippen LogP contribution < -0.4 is 0 Å². The van der Waals surface area contributed by atoms with E-state index in [9.17, 15) is 4.79 Å². The molecule has 1 aliphatic carbocycles. The van der Waals surface area contributed by atoms with E-state index in [0.29, 0.717) is 11.7 Å². The van der Waals surface area contributed by atoms with E-state index in [2.05, 4.69) is 31.2 Å². The maximum atomic E-state index is 11.7. The highest BCUT2D eigenvalue weighted by Gasteiger charge is 2.18. The van der Waals surface area contributed by atoms with Crippen molar-refractivity contribution >= 4 is 5.78 Å². The highest BCUT2D eigenvalue weighted by molar-refractivity contribution is 5.78. The summed E-state index contributed by atoms with van der Waals surface area (Å²) in [7, 11) is 0. The van der Waals surface area contributed by atoms with E-state index < -0.39 is 0 Å². The van der Waals surface area contributed by atoms with E-state index in [1.165, 1.54) is 30.4 Å². The number of ketones is 1. The van der Waals surface area contributed by atoms with Crippen LogP contribution >= 0.6 is 0 Å². The lowest BCUT2D eigenvalue weighted by Gasteiger charge is -2.13. The van der Waals surface area contributed by atoms with Gasteiger partial charge in [-0.25, -0.2) is 0 Å². The van der Waals surface area contributed by atoms with Gasteiger partial charge in [0.15, 0.2) is 0 Å². The van der Waals surface area contributed by atoms with Crippen molar-refractivity contribution in [3.8, 4) is 0 Å². The predicted molar refractivity (Wildman–Crippen MR) is 71.1 cm³/mol. The lowest BCUT2D eigenvalue weighted by molar-refractivity contribution is -0.120. The zero-order valence-corrected chi connectivity index (χ0v) is 10.7. The zero-order chi connectivity index (χ0) is 12.1. The second-order valence-corrected chi connectivity index (χ2v) is 5.22. The van der Waals surface area contributed by atoms with Crippen LogP contribution in [0.5, 0.6) is 0 Å². The van der Waals surface area contributed by atoms with Crippen LogP contribution in [0.15, 0.2) is 24.3 Å². The first-order valence-corrected chi connectivity index (χ1v) is 6.88. The van der Waals surface area contributed by atoms with Crippen LogP contribution in [-0.2, 0) is 17.6 Å². The van der Waals surface area contributed by atoms with Gasteiger partial charge in [-0.05, 0) is 49.1 Å². The largest absolute Gasteiger partial charge is 0.300 e. The summed E-state index contributed by atoms with van der Waals surface area (Å²) < 4.78 is 0. The molecule has 92 valence electrons. The second kappa shape index (κ2) is 6.00. The van der Waals surface area contributed by atoms with Crippen molar-refractivity contribution in [2.75, 3.05) is 0 Å². The van der Waals surface area contributed by atoms with Gasteiger partial charge in [-0.1, -0.05) is 31.2 Å². The number of fused-ring (bicyclic) bond motifs is 1. The van der Waals surface area contributed by atoms with Gasteiger partial charge in [0.25, 0.3) is 0 Å². The Balaban J connectivity index is 2.00. The first-order valence-electron chi connectivity index (χ1n) is 6.88.